The van der Waals surface area contributed by atoms with Crippen LogP contribution in [-0.4, -0.2) is 0 Å². The summed E-state index contributed by atoms with van der Waals surface area (Å²) in [7, 11) is 0. The summed E-state index contributed by atoms with van der Waals surface area (Å²) in [4.78, 5) is 0. The molecular weight excluding hydrogens is 460 g/mol. The minimum atomic E-state index is 0.159. The van der Waals surface area contributed by atoms with Gasteiger partial charge in [0.2, 0.25) is 0 Å². The van der Waals surface area contributed by atoms with Gasteiger partial charge in [0.25, 0.3) is 0 Å². The second-order valence-corrected chi connectivity index (χ2v) is 11.6. The zero-order valence-electron chi connectivity index (χ0n) is 24.0. The minimum Gasteiger partial charge on any atom is -0.399 e. The Kier molecular flexibility index (Phi) is 13.3. The van der Waals surface area contributed by atoms with Gasteiger partial charge in [0, 0.05) is 11.4 Å². The van der Waals surface area contributed by atoms with Crippen molar-refractivity contribution in [3.63, 3.8) is 0 Å². The standard InChI is InChI=1S/C36H52N2/c1-2-3-4-5-6-7-8-9-10-11-12-16-27-36(28-31-17-14-13-15-18-31,29-32-19-23-34(37)24-20-32)30-33-21-25-35(38)26-22-33/h13-15,17-26H,2-12,16,27-30,37-38H2,1H3. The van der Waals surface area contributed by atoms with Gasteiger partial charge in [0.1, 0.15) is 0 Å². The first kappa shape index (κ1) is 29.8. The molecule has 0 spiro atoms. The van der Waals surface area contributed by atoms with E-state index in [4.69, 9.17) is 11.5 Å². The molecule has 3 aromatic rings. The predicted octanol–water partition coefficient (Wildman–Crippen LogP) is 9.96. The van der Waals surface area contributed by atoms with Crippen molar-refractivity contribution in [1.82, 2.24) is 0 Å². The number of benzene rings is 3. The number of hydrogen-bond donors (Lipinski definition) is 2. The second-order valence-electron chi connectivity index (χ2n) is 11.6. The molecule has 0 heterocycles. The lowest BCUT2D eigenvalue weighted by Crippen LogP contribution is -2.30. The van der Waals surface area contributed by atoms with Gasteiger partial charge in [-0.05, 0) is 72.1 Å². The van der Waals surface area contributed by atoms with Gasteiger partial charge >= 0.3 is 0 Å². The highest BCUT2D eigenvalue weighted by Gasteiger charge is 2.31. The maximum atomic E-state index is 6.02. The van der Waals surface area contributed by atoms with Gasteiger partial charge < -0.3 is 11.5 Å². The number of hydrogen-bond acceptors (Lipinski definition) is 2. The first-order chi connectivity index (χ1) is 18.6. The van der Waals surface area contributed by atoms with Crippen LogP contribution in [0.3, 0.4) is 0 Å². The van der Waals surface area contributed by atoms with Gasteiger partial charge in [-0.25, -0.2) is 0 Å². The second kappa shape index (κ2) is 17.0. The molecule has 0 aliphatic rings. The van der Waals surface area contributed by atoms with E-state index in [1.807, 2.05) is 0 Å². The first-order valence-corrected chi connectivity index (χ1v) is 15.3. The average Bonchev–Trinajstić information content (AvgIpc) is 2.92. The molecule has 2 nitrogen and oxygen atoms in total. The fraction of sp³-hybridized carbons (Fsp3) is 0.500. The van der Waals surface area contributed by atoms with E-state index in [1.54, 1.807) is 0 Å². The monoisotopic (exact) mass is 512 g/mol. The lowest BCUT2D eigenvalue weighted by atomic mass is 9.69. The summed E-state index contributed by atoms with van der Waals surface area (Å²) in [5, 5.41) is 0. The Morgan fingerprint density at radius 1 is 0.447 bits per heavy atom. The number of nitrogens with two attached hydrogens (primary N) is 2. The van der Waals surface area contributed by atoms with Crippen molar-refractivity contribution in [2.24, 2.45) is 5.41 Å². The van der Waals surface area contributed by atoms with E-state index < -0.39 is 0 Å². The summed E-state index contributed by atoms with van der Waals surface area (Å²) in [5.74, 6) is 0. The van der Waals surface area contributed by atoms with E-state index in [1.165, 1.54) is 100 Å². The molecule has 0 radical (unpaired) electrons. The Hall–Kier alpha value is -2.74. The number of anilines is 2. The van der Waals surface area contributed by atoms with Crippen LogP contribution in [0, 0.1) is 5.41 Å². The lowest BCUT2D eigenvalue weighted by Gasteiger charge is -2.35. The third-order valence-electron chi connectivity index (χ3n) is 8.10. The van der Waals surface area contributed by atoms with Crippen LogP contribution in [0.1, 0.15) is 107 Å². The molecule has 2 heteroatoms. The van der Waals surface area contributed by atoms with Crippen molar-refractivity contribution in [3.8, 4) is 0 Å². The number of nitrogen functional groups attached to an aromatic ring is 2. The molecule has 0 amide bonds. The summed E-state index contributed by atoms with van der Waals surface area (Å²) in [6.45, 7) is 2.29. The van der Waals surface area contributed by atoms with Gasteiger partial charge in [-0.15, -0.1) is 0 Å². The van der Waals surface area contributed by atoms with Crippen LogP contribution in [0.2, 0.25) is 0 Å². The molecular formula is C36H52N2. The fourth-order valence-electron chi connectivity index (χ4n) is 5.96. The third kappa shape index (κ3) is 11.3. The maximum Gasteiger partial charge on any atom is 0.0314 e. The van der Waals surface area contributed by atoms with Crippen molar-refractivity contribution in [2.45, 2.75) is 110 Å². The van der Waals surface area contributed by atoms with Crippen LogP contribution in [0.4, 0.5) is 11.4 Å². The number of rotatable bonds is 19. The number of unbranched alkanes of at least 4 members (excludes halogenated alkanes) is 11. The fourth-order valence-corrected chi connectivity index (χ4v) is 5.96. The predicted molar refractivity (Wildman–Crippen MR) is 167 cm³/mol. The Morgan fingerprint density at radius 2 is 0.816 bits per heavy atom. The molecule has 0 atom stereocenters. The summed E-state index contributed by atoms with van der Waals surface area (Å²) < 4.78 is 0. The van der Waals surface area contributed by atoms with E-state index in [-0.39, 0.29) is 5.41 Å². The zero-order valence-corrected chi connectivity index (χ0v) is 24.0. The molecule has 4 N–H and O–H groups in total. The molecule has 0 aromatic heterocycles. The summed E-state index contributed by atoms with van der Waals surface area (Å²) in [5.41, 5.74) is 18.1. The van der Waals surface area contributed by atoms with Crippen LogP contribution in [0.15, 0.2) is 78.9 Å². The van der Waals surface area contributed by atoms with Gasteiger partial charge in [0.05, 0.1) is 0 Å². The highest BCUT2D eigenvalue weighted by molar-refractivity contribution is 5.41. The molecule has 0 saturated carbocycles. The van der Waals surface area contributed by atoms with E-state index in [0.717, 1.165) is 30.6 Å². The molecule has 3 rings (SSSR count). The Labute approximate surface area is 233 Å². The van der Waals surface area contributed by atoms with Crippen molar-refractivity contribution in [1.29, 1.82) is 0 Å². The average molecular weight is 513 g/mol. The van der Waals surface area contributed by atoms with Crippen LogP contribution in [0.5, 0.6) is 0 Å². The molecule has 0 aliphatic heterocycles. The van der Waals surface area contributed by atoms with Crippen molar-refractivity contribution < 1.29 is 0 Å². The largest absolute Gasteiger partial charge is 0.399 e. The van der Waals surface area contributed by atoms with E-state index >= 15 is 0 Å². The van der Waals surface area contributed by atoms with Crippen LogP contribution in [-0.2, 0) is 19.3 Å². The van der Waals surface area contributed by atoms with Gasteiger partial charge in [-0.3, -0.25) is 0 Å². The van der Waals surface area contributed by atoms with Crippen LogP contribution >= 0.6 is 0 Å². The lowest BCUT2D eigenvalue weighted by molar-refractivity contribution is 0.243. The van der Waals surface area contributed by atoms with E-state index in [0.29, 0.717) is 0 Å². The van der Waals surface area contributed by atoms with Crippen molar-refractivity contribution >= 4 is 11.4 Å². The van der Waals surface area contributed by atoms with E-state index in [2.05, 4.69) is 85.8 Å². The van der Waals surface area contributed by atoms with E-state index in [9.17, 15) is 0 Å². The molecule has 0 saturated heterocycles. The van der Waals surface area contributed by atoms with Gasteiger partial charge in [-0.2, -0.15) is 0 Å². The topological polar surface area (TPSA) is 52.0 Å². The molecule has 0 fully saturated rings. The molecule has 206 valence electrons. The molecule has 0 bridgehead atoms. The third-order valence-corrected chi connectivity index (χ3v) is 8.10. The molecule has 3 aromatic carbocycles. The Morgan fingerprint density at radius 3 is 1.24 bits per heavy atom. The molecule has 38 heavy (non-hydrogen) atoms. The minimum absolute atomic E-state index is 0.159. The first-order valence-electron chi connectivity index (χ1n) is 15.3. The quantitative estimate of drug-likeness (QED) is 0.124. The summed E-state index contributed by atoms with van der Waals surface area (Å²) in [6.07, 6.45) is 21.1. The maximum absolute atomic E-state index is 6.02. The van der Waals surface area contributed by atoms with Gasteiger partial charge in [0.15, 0.2) is 0 Å². The van der Waals surface area contributed by atoms with Gasteiger partial charge in [-0.1, -0.05) is 139 Å². The van der Waals surface area contributed by atoms with Crippen molar-refractivity contribution in [2.75, 3.05) is 11.5 Å². The molecule has 0 unspecified atom stereocenters. The van der Waals surface area contributed by atoms with Crippen molar-refractivity contribution in [3.05, 3.63) is 95.6 Å². The SMILES string of the molecule is CCCCCCCCCCCCCCC(Cc1ccccc1)(Cc1ccc(N)cc1)Cc1ccc(N)cc1. The Balaban J connectivity index is 1.61. The van der Waals surface area contributed by atoms with Crippen LogP contribution in [0.25, 0.3) is 0 Å². The highest BCUT2D eigenvalue weighted by atomic mass is 14.5. The highest BCUT2D eigenvalue weighted by Crippen LogP contribution is 2.38. The summed E-state index contributed by atoms with van der Waals surface area (Å²) in [6, 6.07) is 28.2. The van der Waals surface area contributed by atoms with Crippen LogP contribution < -0.4 is 11.5 Å². The summed E-state index contributed by atoms with van der Waals surface area (Å²) >= 11 is 0. The molecule has 0 aliphatic carbocycles. The zero-order chi connectivity index (χ0) is 26.9. The normalized spacial score (nSPS) is 11.6. The Bertz CT molecular complexity index is 944. The smallest absolute Gasteiger partial charge is 0.0314 e.